The van der Waals surface area contributed by atoms with E-state index in [2.05, 4.69) is 20.6 Å². The standard InChI is InChI=1S/C17H19N5O3/c23-15(19-7-6-13-9-18-11-20-13)8-14-16(24)22(17(25)21-14)10-12-4-2-1-3-5-12/h1-5,9,11,14H,6-8,10H2,(H,18,20)(H,19,23)(H,21,25)/t14-/m1/s1. The fraction of sp³-hybridized carbons (Fsp3) is 0.294. The molecule has 0 bridgehead atoms. The predicted molar refractivity (Wildman–Crippen MR) is 89.2 cm³/mol. The Morgan fingerprint density at radius 3 is 2.76 bits per heavy atom. The molecule has 2 heterocycles. The second-order valence-electron chi connectivity index (χ2n) is 5.79. The zero-order chi connectivity index (χ0) is 17.6. The Morgan fingerprint density at radius 2 is 2.04 bits per heavy atom. The van der Waals surface area contributed by atoms with Gasteiger partial charge in [-0.15, -0.1) is 0 Å². The largest absolute Gasteiger partial charge is 0.356 e. The summed E-state index contributed by atoms with van der Waals surface area (Å²) in [5.74, 6) is -0.655. The van der Waals surface area contributed by atoms with Crippen LogP contribution in [-0.4, -0.2) is 45.3 Å². The normalized spacial score (nSPS) is 16.8. The number of hydrogen-bond donors (Lipinski definition) is 3. The van der Waals surface area contributed by atoms with Gasteiger partial charge in [0.05, 0.1) is 19.3 Å². The smallest absolute Gasteiger partial charge is 0.325 e. The summed E-state index contributed by atoms with van der Waals surface area (Å²) in [4.78, 5) is 44.3. The fourth-order valence-corrected chi connectivity index (χ4v) is 2.65. The summed E-state index contributed by atoms with van der Waals surface area (Å²) in [5.41, 5.74) is 1.77. The molecule has 0 spiro atoms. The topological polar surface area (TPSA) is 107 Å². The molecule has 1 aliphatic rings. The first-order valence-corrected chi connectivity index (χ1v) is 8.03. The van der Waals surface area contributed by atoms with Gasteiger partial charge in [-0.05, 0) is 5.56 Å². The first-order valence-electron chi connectivity index (χ1n) is 8.03. The summed E-state index contributed by atoms with van der Waals surface area (Å²) in [6.07, 6.45) is 3.81. The van der Waals surface area contributed by atoms with Gasteiger partial charge in [0.15, 0.2) is 0 Å². The number of rotatable bonds is 7. The first kappa shape index (κ1) is 16.7. The second kappa shape index (κ2) is 7.61. The van der Waals surface area contributed by atoms with Crippen LogP contribution in [0.15, 0.2) is 42.9 Å². The zero-order valence-electron chi connectivity index (χ0n) is 13.6. The van der Waals surface area contributed by atoms with Crippen LogP contribution in [0.4, 0.5) is 4.79 Å². The number of aromatic nitrogens is 2. The first-order chi connectivity index (χ1) is 12.1. The van der Waals surface area contributed by atoms with Crippen molar-refractivity contribution in [2.24, 2.45) is 0 Å². The van der Waals surface area contributed by atoms with E-state index in [1.807, 2.05) is 30.3 Å². The van der Waals surface area contributed by atoms with Crippen molar-refractivity contribution >= 4 is 17.8 Å². The minimum Gasteiger partial charge on any atom is -0.356 e. The summed E-state index contributed by atoms with van der Waals surface area (Å²) in [6, 6.07) is 7.96. The maximum absolute atomic E-state index is 12.4. The third-order valence-corrected chi connectivity index (χ3v) is 3.95. The Bertz CT molecular complexity index is 745. The number of aromatic amines is 1. The van der Waals surface area contributed by atoms with Gasteiger partial charge in [0.1, 0.15) is 6.04 Å². The molecule has 0 unspecified atom stereocenters. The van der Waals surface area contributed by atoms with Crippen LogP contribution in [0.2, 0.25) is 0 Å². The molecule has 130 valence electrons. The molecule has 3 rings (SSSR count). The third-order valence-electron chi connectivity index (χ3n) is 3.95. The van der Waals surface area contributed by atoms with E-state index >= 15 is 0 Å². The molecule has 1 aliphatic heterocycles. The molecule has 0 aliphatic carbocycles. The van der Waals surface area contributed by atoms with Crippen molar-refractivity contribution in [3.63, 3.8) is 0 Å². The number of carbonyl (C=O) groups is 3. The number of imidazole rings is 1. The Hall–Kier alpha value is -3.16. The minimum atomic E-state index is -0.816. The van der Waals surface area contributed by atoms with Gasteiger partial charge in [-0.25, -0.2) is 9.78 Å². The zero-order valence-corrected chi connectivity index (χ0v) is 13.6. The van der Waals surface area contributed by atoms with Crippen LogP contribution >= 0.6 is 0 Å². The van der Waals surface area contributed by atoms with Gasteiger partial charge in [-0.3, -0.25) is 14.5 Å². The number of amides is 4. The van der Waals surface area contributed by atoms with Crippen LogP contribution in [0.1, 0.15) is 17.7 Å². The number of nitrogens with zero attached hydrogens (tertiary/aromatic N) is 2. The molecule has 3 N–H and O–H groups in total. The maximum Gasteiger partial charge on any atom is 0.325 e. The van der Waals surface area contributed by atoms with Gasteiger partial charge in [0.2, 0.25) is 5.91 Å². The molecule has 1 aromatic heterocycles. The Morgan fingerprint density at radius 1 is 1.24 bits per heavy atom. The third kappa shape index (κ3) is 4.23. The number of imide groups is 1. The van der Waals surface area contributed by atoms with E-state index in [4.69, 9.17) is 0 Å². The SMILES string of the molecule is O=C(C[C@H]1NC(=O)N(Cc2ccccc2)C1=O)NCCc1cnc[nH]1. The predicted octanol–water partition coefficient (Wildman–Crippen LogP) is 0.579. The molecule has 8 heteroatoms. The van der Waals surface area contributed by atoms with E-state index in [9.17, 15) is 14.4 Å². The van der Waals surface area contributed by atoms with Gasteiger partial charge < -0.3 is 15.6 Å². The summed E-state index contributed by atoms with van der Waals surface area (Å²) < 4.78 is 0. The van der Waals surface area contributed by atoms with E-state index in [0.717, 1.165) is 16.2 Å². The monoisotopic (exact) mass is 341 g/mol. The molecular weight excluding hydrogens is 322 g/mol. The van der Waals surface area contributed by atoms with Crippen molar-refractivity contribution in [2.75, 3.05) is 6.54 Å². The lowest BCUT2D eigenvalue weighted by Gasteiger charge is -2.13. The quantitative estimate of drug-likeness (QED) is 0.640. The maximum atomic E-state index is 12.4. The highest BCUT2D eigenvalue weighted by Crippen LogP contribution is 2.13. The number of nitrogens with one attached hydrogen (secondary N) is 3. The van der Waals surface area contributed by atoms with E-state index in [1.54, 1.807) is 12.5 Å². The number of carbonyl (C=O) groups excluding carboxylic acids is 3. The molecule has 2 aromatic rings. The van der Waals surface area contributed by atoms with E-state index in [0.29, 0.717) is 13.0 Å². The summed E-state index contributed by atoms with van der Waals surface area (Å²) >= 11 is 0. The summed E-state index contributed by atoms with van der Waals surface area (Å²) in [5, 5.41) is 5.31. The number of hydrogen-bond acceptors (Lipinski definition) is 4. The van der Waals surface area contributed by atoms with Crippen LogP contribution in [-0.2, 0) is 22.6 Å². The lowest BCUT2D eigenvalue weighted by molar-refractivity contribution is -0.131. The molecule has 1 atom stereocenters. The molecule has 1 saturated heterocycles. The number of urea groups is 1. The molecule has 1 fully saturated rings. The van der Waals surface area contributed by atoms with Crippen molar-refractivity contribution in [3.05, 3.63) is 54.1 Å². The van der Waals surface area contributed by atoms with E-state index < -0.39 is 12.1 Å². The highest BCUT2D eigenvalue weighted by atomic mass is 16.2. The summed E-state index contributed by atoms with van der Waals surface area (Å²) in [6.45, 7) is 0.632. The van der Waals surface area contributed by atoms with Gasteiger partial charge >= 0.3 is 6.03 Å². The average molecular weight is 341 g/mol. The van der Waals surface area contributed by atoms with Crippen LogP contribution in [0.3, 0.4) is 0 Å². The lowest BCUT2D eigenvalue weighted by Crippen LogP contribution is -2.37. The Kier molecular flexibility index (Phi) is 5.08. The lowest BCUT2D eigenvalue weighted by atomic mass is 10.1. The van der Waals surface area contributed by atoms with Crippen molar-refractivity contribution in [2.45, 2.75) is 25.4 Å². The highest BCUT2D eigenvalue weighted by molar-refractivity contribution is 6.05. The van der Waals surface area contributed by atoms with Gasteiger partial charge in [-0.1, -0.05) is 30.3 Å². The van der Waals surface area contributed by atoms with Crippen LogP contribution in [0, 0.1) is 0 Å². The molecule has 8 nitrogen and oxygen atoms in total. The second-order valence-corrected chi connectivity index (χ2v) is 5.79. The number of benzene rings is 1. The fourth-order valence-electron chi connectivity index (χ4n) is 2.65. The molecule has 25 heavy (non-hydrogen) atoms. The highest BCUT2D eigenvalue weighted by Gasteiger charge is 2.38. The molecule has 0 radical (unpaired) electrons. The van der Waals surface area contributed by atoms with Crippen molar-refractivity contribution in [1.29, 1.82) is 0 Å². The molecule has 1 aromatic carbocycles. The minimum absolute atomic E-state index is 0.0706. The summed E-state index contributed by atoms with van der Waals surface area (Å²) in [7, 11) is 0. The Labute approximate surface area is 144 Å². The number of H-pyrrole nitrogens is 1. The average Bonchev–Trinajstić information content (AvgIpc) is 3.20. The van der Waals surface area contributed by atoms with Gasteiger partial charge in [0, 0.05) is 24.9 Å². The van der Waals surface area contributed by atoms with Gasteiger partial charge in [0.25, 0.3) is 5.91 Å². The van der Waals surface area contributed by atoms with Crippen LogP contribution in [0.25, 0.3) is 0 Å². The van der Waals surface area contributed by atoms with Crippen LogP contribution < -0.4 is 10.6 Å². The van der Waals surface area contributed by atoms with Crippen LogP contribution in [0.5, 0.6) is 0 Å². The molecular formula is C17H19N5O3. The molecule has 4 amide bonds. The van der Waals surface area contributed by atoms with Crippen molar-refractivity contribution < 1.29 is 14.4 Å². The van der Waals surface area contributed by atoms with Gasteiger partial charge in [-0.2, -0.15) is 0 Å². The molecule has 0 saturated carbocycles. The van der Waals surface area contributed by atoms with E-state index in [-0.39, 0.29) is 24.8 Å². The van der Waals surface area contributed by atoms with Crippen molar-refractivity contribution in [3.8, 4) is 0 Å². The Balaban J connectivity index is 1.48. The van der Waals surface area contributed by atoms with Crippen molar-refractivity contribution in [1.82, 2.24) is 25.5 Å². The van der Waals surface area contributed by atoms with E-state index in [1.165, 1.54) is 0 Å².